The molecule has 39 heteroatoms. The second-order valence-corrected chi connectivity index (χ2v) is 33.5. The van der Waals surface area contributed by atoms with Crippen molar-refractivity contribution in [3.63, 3.8) is 0 Å². The van der Waals surface area contributed by atoms with E-state index in [0.717, 1.165) is 69.5 Å². The van der Waals surface area contributed by atoms with Crippen LogP contribution in [0.15, 0.2) is 61.4 Å². The van der Waals surface area contributed by atoms with E-state index < -0.39 is 16.8 Å². The summed E-state index contributed by atoms with van der Waals surface area (Å²) in [6.45, 7) is 35.8. The number of halogens is 3. The van der Waals surface area contributed by atoms with Crippen molar-refractivity contribution >= 4 is 105 Å². The van der Waals surface area contributed by atoms with E-state index in [1.165, 1.54) is 69.3 Å². The van der Waals surface area contributed by atoms with Crippen molar-refractivity contribution in [3.8, 4) is 35.8 Å². The normalized spacial score (nSPS) is 14.7. The Hall–Kier alpha value is -11.3. The Labute approximate surface area is 711 Å². The van der Waals surface area contributed by atoms with Gasteiger partial charge in [0.15, 0.2) is 44.2 Å². The minimum Gasteiger partial charge on any atom is -0.472 e. The van der Waals surface area contributed by atoms with Gasteiger partial charge in [0.05, 0.1) is 61.2 Å². The summed E-state index contributed by atoms with van der Waals surface area (Å²) in [5.74, 6) is 5.63. The molecule has 0 bridgehead atoms. The van der Waals surface area contributed by atoms with E-state index >= 15 is 0 Å². The van der Waals surface area contributed by atoms with Crippen LogP contribution in [0.25, 0.3) is 0 Å². The number of ether oxygens (including phenoxy) is 6. The van der Waals surface area contributed by atoms with Crippen LogP contribution in [0, 0.1) is 57.7 Å². The van der Waals surface area contributed by atoms with Gasteiger partial charge in [0, 0.05) is 89.7 Å². The Morgan fingerprint density at radius 1 is 0.412 bits per heavy atom. The van der Waals surface area contributed by atoms with Crippen molar-refractivity contribution in [1.82, 2.24) is 85.4 Å². The number of nitrogen functional groups attached to an aromatic ring is 1. The number of nitrogens with one attached hydrogen (secondary N) is 6. The average Bonchev–Trinajstić information content (AvgIpc) is 0.855. The number of piperidine rings is 3. The Balaban J connectivity index is 0.000000213. The first kappa shape index (κ1) is 94.9. The van der Waals surface area contributed by atoms with Crippen LogP contribution in [-0.2, 0) is 14.2 Å². The maximum absolute atomic E-state index is 12.3. The zero-order valence-electron chi connectivity index (χ0n) is 70.5. The molecule has 0 atom stereocenters. The Bertz CT molecular complexity index is 4450. The zero-order valence-corrected chi connectivity index (χ0v) is 72.8. The fourth-order valence-electron chi connectivity index (χ4n) is 11.9. The number of amides is 3. The zero-order chi connectivity index (χ0) is 86.8. The molecule has 36 nitrogen and oxygen atoms in total. The molecular weight excluding hydrogens is 1590 g/mol. The van der Waals surface area contributed by atoms with Gasteiger partial charge < -0.3 is 80.8 Å². The van der Waals surface area contributed by atoms with Crippen molar-refractivity contribution in [3.05, 3.63) is 94.0 Å². The number of aromatic nitrogens is 14. The van der Waals surface area contributed by atoms with Crippen LogP contribution in [0.1, 0.15) is 192 Å². The van der Waals surface area contributed by atoms with Crippen LogP contribution >= 0.6 is 34.8 Å². The van der Waals surface area contributed by atoms with Crippen molar-refractivity contribution in [2.45, 2.75) is 210 Å². The molecule has 4 fully saturated rings. The molecule has 1 saturated carbocycles. The summed E-state index contributed by atoms with van der Waals surface area (Å²) in [6, 6.07) is 12.8. The molecule has 11 rings (SSSR count). The van der Waals surface area contributed by atoms with Crippen LogP contribution in [0.2, 0.25) is 15.5 Å². The lowest BCUT2D eigenvalue weighted by Gasteiger charge is -2.33. The van der Waals surface area contributed by atoms with Gasteiger partial charge in [0.25, 0.3) is 17.6 Å². The number of carbonyl (C=O) groups excluding carboxylic acids is 3. The molecule has 0 spiro atoms. The molecule has 0 unspecified atom stereocenters. The standard InChI is InChI=1S/C23H32N8O3.C19H25N7O.C18H29ClN4O3.C15H22Cl2N4O2.C5H4N4/c1-15(2)33-21-18(10-19(29-30-21)28-20-14-25-17(11-24)13-27-20)26-12-16-6-8-31(9-7-16)22(32)34-23(3,4)5;1-13(2)27-19-16(22-10-14-6-4-3-5-7-14)8-17(25-26-19)24-18-12-21-15(9-20)11-23-18;1-12(2)25-16-14(10-15(19)21-22-16)20-11-13-6-8-23(9-7-13)17(24)26-18(3,4)5;1-15(2,3)23-14(22)21-6-4-10(5-7-21)9-18-11-8-12(16)19-20-13(11)17;6-1-4-2-9-5(7)3-8-4/h10,13-16H,6-9,12H2,1-5H3,(H2,26,27,28,29);8,11-14H,3-7,10H2,1-2H3,(H2,22,23,24,25);10,12-13H,6-9,11H2,1-5H3,(H,20,21);8,10H,4-7,9H2,1-3H3,(H,18,19);2-3H,(H2,7,9). The third kappa shape index (κ3) is 35.4. The van der Waals surface area contributed by atoms with Gasteiger partial charge in [-0.2, -0.15) is 15.8 Å². The lowest BCUT2D eigenvalue weighted by Crippen LogP contribution is -2.42. The molecule has 7 aromatic rings. The highest BCUT2D eigenvalue weighted by Gasteiger charge is 2.31. The highest BCUT2D eigenvalue weighted by molar-refractivity contribution is 6.33. The molecule has 642 valence electrons. The largest absolute Gasteiger partial charge is 0.472 e. The number of hydrogen-bond donors (Lipinski definition) is 7. The second kappa shape index (κ2) is 46.7. The van der Waals surface area contributed by atoms with Gasteiger partial charge in [-0.25, -0.2) is 44.3 Å². The molecule has 8 N–H and O–H groups in total. The topological polar surface area (TPSA) is 466 Å². The van der Waals surface area contributed by atoms with Crippen molar-refractivity contribution in [1.29, 1.82) is 15.8 Å². The van der Waals surface area contributed by atoms with E-state index in [0.29, 0.717) is 143 Å². The molecule has 119 heavy (non-hydrogen) atoms. The van der Waals surface area contributed by atoms with Gasteiger partial charge in [0.2, 0.25) is 0 Å². The van der Waals surface area contributed by atoms with E-state index in [1.54, 1.807) is 32.9 Å². The Kier molecular flexibility index (Phi) is 37.3. The van der Waals surface area contributed by atoms with Gasteiger partial charge >= 0.3 is 18.3 Å². The monoisotopic (exact) mass is 1700 g/mol. The third-order valence-corrected chi connectivity index (χ3v) is 18.3. The van der Waals surface area contributed by atoms with Gasteiger partial charge in [0.1, 0.15) is 69.5 Å². The summed E-state index contributed by atoms with van der Waals surface area (Å²) >= 11 is 17.7. The molecule has 3 saturated heterocycles. The van der Waals surface area contributed by atoms with Gasteiger partial charge in [-0.3, -0.25) is 0 Å². The van der Waals surface area contributed by atoms with Crippen LogP contribution in [0.3, 0.4) is 0 Å². The van der Waals surface area contributed by atoms with Gasteiger partial charge in [-0.15, -0.1) is 40.8 Å². The molecule has 0 radical (unpaired) electrons. The van der Waals surface area contributed by atoms with Crippen molar-refractivity contribution in [2.24, 2.45) is 23.7 Å². The predicted octanol–water partition coefficient (Wildman–Crippen LogP) is 15.1. The highest BCUT2D eigenvalue weighted by Crippen LogP contribution is 2.33. The number of nitriles is 3. The summed E-state index contributed by atoms with van der Waals surface area (Å²) in [5, 5.41) is 78.5. The molecule has 10 heterocycles. The summed E-state index contributed by atoms with van der Waals surface area (Å²) < 4.78 is 33.6. The van der Waals surface area contributed by atoms with E-state index in [9.17, 15) is 14.4 Å². The first-order valence-electron chi connectivity index (χ1n) is 39.8. The van der Waals surface area contributed by atoms with Gasteiger partial charge in [-0.1, -0.05) is 54.1 Å². The quantitative estimate of drug-likeness (QED) is 0.0310. The van der Waals surface area contributed by atoms with E-state index in [1.807, 2.05) is 128 Å². The van der Waals surface area contributed by atoms with E-state index in [4.69, 9.17) is 84.7 Å². The maximum Gasteiger partial charge on any atom is 0.410 e. The molecule has 1 aliphatic carbocycles. The molecule has 7 aromatic heterocycles. The lowest BCUT2D eigenvalue weighted by molar-refractivity contribution is 0.0177. The second-order valence-electron chi connectivity index (χ2n) is 32.4. The number of nitrogens with two attached hydrogens (primary N) is 1. The lowest BCUT2D eigenvalue weighted by atomic mass is 9.89. The summed E-state index contributed by atoms with van der Waals surface area (Å²) in [7, 11) is 0. The van der Waals surface area contributed by atoms with Crippen LogP contribution in [0.5, 0.6) is 17.6 Å². The summed E-state index contributed by atoms with van der Waals surface area (Å²) in [4.78, 5) is 65.3. The molecule has 3 amide bonds. The number of rotatable bonds is 22. The van der Waals surface area contributed by atoms with Crippen molar-refractivity contribution < 1.29 is 42.8 Å². The smallest absolute Gasteiger partial charge is 0.410 e. The van der Waals surface area contributed by atoms with Crippen LogP contribution in [0.4, 0.5) is 66.2 Å². The molecule has 4 aliphatic rings. The van der Waals surface area contributed by atoms with E-state index in [-0.39, 0.29) is 53.7 Å². The maximum atomic E-state index is 12.3. The fraction of sp³-hybridized carbons (Fsp3) is 0.575. The molecule has 3 aliphatic heterocycles. The van der Waals surface area contributed by atoms with Crippen molar-refractivity contribution in [2.75, 3.05) is 103 Å². The Morgan fingerprint density at radius 2 is 0.723 bits per heavy atom. The van der Waals surface area contributed by atoms with Crippen LogP contribution in [-0.4, -0.2) is 204 Å². The predicted molar refractivity (Wildman–Crippen MR) is 454 cm³/mol. The highest BCUT2D eigenvalue weighted by atomic mass is 35.5. The van der Waals surface area contributed by atoms with Crippen LogP contribution < -0.4 is 51.8 Å². The minimum atomic E-state index is -0.494. The number of likely N-dealkylation sites (tertiary alicyclic amines) is 3. The first-order valence-corrected chi connectivity index (χ1v) is 40.9. The number of hydrogen-bond acceptors (Lipinski definition) is 33. The Morgan fingerprint density at radius 3 is 1.04 bits per heavy atom. The average molecular weight is 1700 g/mol. The minimum absolute atomic E-state index is 0.00286. The number of anilines is 9. The number of nitrogens with zero attached hydrogens (tertiary/aromatic N) is 20. The van der Waals surface area contributed by atoms with E-state index in [2.05, 4.69) is 103 Å². The molecule has 0 aromatic carbocycles. The first-order chi connectivity index (χ1) is 56.5. The summed E-state index contributed by atoms with van der Waals surface area (Å²) in [5.41, 5.74) is 7.51. The molecular formula is C80H112Cl3N27O9. The van der Waals surface area contributed by atoms with Gasteiger partial charge in [-0.05, 0) is 179 Å². The summed E-state index contributed by atoms with van der Waals surface area (Å²) in [6.07, 6.45) is 19.5. The number of carbonyl (C=O) groups is 3. The third-order valence-electron chi connectivity index (χ3n) is 17.7. The fourth-order valence-corrected chi connectivity index (χ4v) is 12.4. The SMILES string of the molecule is CC(C)(C)OC(=O)N1CCC(CNc2cc(Cl)nnc2Cl)CC1.CC(C)Oc1nnc(Cl)cc1NCC1CCN(C(=O)OC(C)(C)C)CC1.CC(C)Oc1nnc(Nc2cnc(C#N)cn2)cc1NCC1CCCCC1.CC(C)Oc1nnc(Nc2cnc(C#N)cn2)cc1NCC1CCN(C(=O)OC(C)(C)C)CC1.N#Cc1cnc(N)cn1.